The molecule has 2 rings (SSSR count). The Labute approximate surface area is 129 Å². The Kier molecular flexibility index (Phi) is 5.46. The molecule has 0 saturated heterocycles. The molecule has 21 heavy (non-hydrogen) atoms. The monoisotopic (exact) mass is 325 g/mol. The number of thiophene rings is 1. The molecular weight excluding hydrogens is 306 g/mol. The quantitative estimate of drug-likeness (QED) is 0.846. The third kappa shape index (κ3) is 3.88. The van der Waals surface area contributed by atoms with E-state index in [1.165, 1.54) is 15.6 Å². The Bertz CT molecular complexity index is 669. The standard InChI is InChI=1S/C14H19N3O2S2/c1-3-17(10-12-4-6-16-7-5-12)21(18,19)14-8-13(9-15-2)11-20-14/h4-8,11,15H,3,9-10H2,1-2H3. The minimum atomic E-state index is -3.44. The third-order valence-electron chi connectivity index (χ3n) is 3.07. The summed E-state index contributed by atoms with van der Waals surface area (Å²) in [5.74, 6) is 0. The van der Waals surface area contributed by atoms with E-state index in [1.54, 1.807) is 18.5 Å². The van der Waals surface area contributed by atoms with Gasteiger partial charge >= 0.3 is 0 Å². The molecule has 0 aliphatic carbocycles. The summed E-state index contributed by atoms with van der Waals surface area (Å²) >= 11 is 1.27. The van der Waals surface area contributed by atoms with E-state index in [0.29, 0.717) is 23.8 Å². The fraction of sp³-hybridized carbons (Fsp3) is 0.357. The van der Waals surface area contributed by atoms with E-state index in [4.69, 9.17) is 0 Å². The van der Waals surface area contributed by atoms with Gasteiger partial charge in [0.05, 0.1) is 0 Å². The van der Waals surface area contributed by atoms with Crippen molar-refractivity contribution >= 4 is 21.4 Å². The van der Waals surface area contributed by atoms with Crippen LogP contribution in [0.25, 0.3) is 0 Å². The van der Waals surface area contributed by atoms with E-state index < -0.39 is 10.0 Å². The lowest BCUT2D eigenvalue weighted by atomic mass is 10.3. The molecule has 2 aromatic rings. The zero-order valence-electron chi connectivity index (χ0n) is 12.1. The summed E-state index contributed by atoms with van der Waals surface area (Å²) in [5, 5.41) is 4.90. The first-order valence-corrected chi connectivity index (χ1v) is 9.01. The van der Waals surface area contributed by atoms with Crippen LogP contribution in [0, 0.1) is 0 Å². The number of nitrogens with one attached hydrogen (secondary N) is 1. The average molecular weight is 325 g/mol. The number of sulfonamides is 1. The summed E-state index contributed by atoms with van der Waals surface area (Å²) in [7, 11) is -1.60. The Hall–Kier alpha value is -1.28. The van der Waals surface area contributed by atoms with Crippen LogP contribution in [0.4, 0.5) is 0 Å². The van der Waals surface area contributed by atoms with Crippen LogP contribution in [0.1, 0.15) is 18.1 Å². The second kappa shape index (κ2) is 7.13. The maximum Gasteiger partial charge on any atom is 0.252 e. The number of nitrogens with zero attached hydrogens (tertiary/aromatic N) is 2. The predicted octanol–water partition coefficient (Wildman–Crippen LogP) is 2.07. The summed E-state index contributed by atoms with van der Waals surface area (Å²) in [6, 6.07) is 5.41. The topological polar surface area (TPSA) is 62.3 Å². The number of pyridine rings is 1. The van der Waals surface area contributed by atoms with Crippen molar-refractivity contribution < 1.29 is 8.42 Å². The van der Waals surface area contributed by atoms with E-state index in [0.717, 1.165) is 11.1 Å². The van der Waals surface area contributed by atoms with Crippen LogP contribution >= 0.6 is 11.3 Å². The van der Waals surface area contributed by atoms with Crippen LogP contribution < -0.4 is 5.32 Å². The molecule has 2 aromatic heterocycles. The summed E-state index contributed by atoms with van der Waals surface area (Å²) < 4.78 is 27.2. The SMILES string of the molecule is CCN(Cc1ccncc1)S(=O)(=O)c1cc(CNC)cs1. The van der Waals surface area contributed by atoms with Crippen molar-refractivity contribution in [3.63, 3.8) is 0 Å². The van der Waals surface area contributed by atoms with Crippen LogP contribution in [-0.4, -0.2) is 31.3 Å². The van der Waals surface area contributed by atoms with Gasteiger partial charge in [0.25, 0.3) is 10.0 Å². The molecule has 0 saturated carbocycles. The van der Waals surface area contributed by atoms with E-state index in [1.807, 2.05) is 31.5 Å². The molecule has 0 fully saturated rings. The highest BCUT2D eigenvalue weighted by molar-refractivity contribution is 7.91. The number of rotatable bonds is 7. The summed E-state index contributed by atoms with van der Waals surface area (Å²) in [4.78, 5) is 3.95. The average Bonchev–Trinajstić information content (AvgIpc) is 2.95. The van der Waals surface area contributed by atoms with Crippen molar-refractivity contribution in [3.8, 4) is 0 Å². The molecule has 0 aliphatic rings. The number of hydrogen-bond acceptors (Lipinski definition) is 5. The molecule has 0 amide bonds. The Balaban J connectivity index is 2.22. The number of hydrogen-bond donors (Lipinski definition) is 1. The van der Waals surface area contributed by atoms with Crippen LogP contribution in [0.3, 0.4) is 0 Å². The predicted molar refractivity (Wildman–Crippen MR) is 84.6 cm³/mol. The van der Waals surface area contributed by atoms with Gasteiger partial charge in [0.1, 0.15) is 4.21 Å². The molecular formula is C14H19N3O2S2. The summed E-state index contributed by atoms with van der Waals surface area (Å²) in [5.41, 5.74) is 1.92. The number of aromatic nitrogens is 1. The van der Waals surface area contributed by atoms with Crippen LogP contribution in [0.5, 0.6) is 0 Å². The fourth-order valence-corrected chi connectivity index (χ4v) is 4.77. The Morgan fingerprint density at radius 2 is 2.00 bits per heavy atom. The van der Waals surface area contributed by atoms with Gasteiger partial charge in [-0.25, -0.2) is 8.42 Å². The van der Waals surface area contributed by atoms with Crippen molar-refractivity contribution in [1.82, 2.24) is 14.6 Å². The molecule has 0 radical (unpaired) electrons. The molecule has 0 bridgehead atoms. The molecule has 114 valence electrons. The van der Waals surface area contributed by atoms with Gasteiger partial charge in [0.2, 0.25) is 0 Å². The zero-order valence-corrected chi connectivity index (χ0v) is 13.7. The molecule has 5 nitrogen and oxygen atoms in total. The summed E-state index contributed by atoms with van der Waals surface area (Å²) in [6.07, 6.45) is 3.35. The van der Waals surface area contributed by atoms with E-state index in [2.05, 4.69) is 10.3 Å². The first-order chi connectivity index (χ1) is 10.1. The molecule has 0 atom stereocenters. The fourth-order valence-electron chi connectivity index (χ4n) is 1.97. The molecule has 0 aromatic carbocycles. The smallest absolute Gasteiger partial charge is 0.252 e. The lowest BCUT2D eigenvalue weighted by molar-refractivity contribution is 0.424. The van der Waals surface area contributed by atoms with Gasteiger partial charge in [-0.1, -0.05) is 6.92 Å². The van der Waals surface area contributed by atoms with Crippen molar-refractivity contribution in [3.05, 3.63) is 47.1 Å². The maximum atomic E-state index is 12.7. The van der Waals surface area contributed by atoms with E-state index in [9.17, 15) is 8.42 Å². The highest BCUT2D eigenvalue weighted by Gasteiger charge is 2.24. The van der Waals surface area contributed by atoms with Gasteiger partial charge in [-0.2, -0.15) is 4.31 Å². The zero-order chi connectivity index (χ0) is 15.3. The highest BCUT2D eigenvalue weighted by Crippen LogP contribution is 2.25. The van der Waals surface area contributed by atoms with Crippen molar-refractivity contribution in [1.29, 1.82) is 0 Å². The van der Waals surface area contributed by atoms with Gasteiger partial charge in [0, 0.05) is 32.0 Å². The van der Waals surface area contributed by atoms with E-state index >= 15 is 0 Å². The van der Waals surface area contributed by atoms with Gasteiger partial charge in [-0.15, -0.1) is 11.3 Å². The van der Waals surface area contributed by atoms with Crippen LogP contribution in [-0.2, 0) is 23.1 Å². The van der Waals surface area contributed by atoms with Gasteiger partial charge in [0.15, 0.2) is 0 Å². The first kappa shape index (κ1) is 16.1. The van der Waals surface area contributed by atoms with Gasteiger partial charge in [-0.05, 0) is 41.8 Å². The molecule has 7 heteroatoms. The van der Waals surface area contributed by atoms with Crippen molar-refractivity contribution in [2.45, 2.75) is 24.2 Å². The normalized spacial score (nSPS) is 12.0. The van der Waals surface area contributed by atoms with Gasteiger partial charge in [-0.3, -0.25) is 4.98 Å². The van der Waals surface area contributed by atoms with Crippen LogP contribution in [0.2, 0.25) is 0 Å². The minimum Gasteiger partial charge on any atom is -0.316 e. The van der Waals surface area contributed by atoms with Gasteiger partial charge < -0.3 is 5.32 Å². The molecule has 2 heterocycles. The van der Waals surface area contributed by atoms with E-state index in [-0.39, 0.29) is 0 Å². The Morgan fingerprint density at radius 1 is 1.29 bits per heavy atom. The largest absolute Gasteiger partial charge is 0.316 e. The second-order valence-electron chi connectivity index (χ2n) is 4.59. The lowest BCUT2D eigenvalue weighted by Crippen LogP contribution is -2.29. The van der Waals surface area contributed by atoms with Crippen molar-refractivity contribution in [2.75, 3.05) is 13.6 Å². The Morgan fingerprint density at radius 3 is 2.62 bits per heavy atom. The molecule has 0 unspecified atom stereocenters. The highest BCUT2D eigenvalue weighted by atomic mass is 32.2. The molecule has 0 spiro atoms. The van der Waals surface area contributed by atoms with Crippen molar-refractivity contribution in [2.24, 2.45) is 0 Å². The summed E-state index contributed by atoms with van der Waals surface area (Å²) in [6.45, 7) is 3.31. The molecule has 1 N–H and O–H groups in total. The second-order valence-corrected chi connectivity index (χ2v) is 7.67. The lowest BCUT2D eigenvalue weighted by Gasteiger charge is -2.19. The molecule has 0 aliphatic heterocycles. The first-order valence-electron chi connectivity index (χ1n) is 6.69. The van der Waals surface area contributed by atoms with Crippen LogP contribution in [0.15, 0.2) is 40.2 Å². The third-order valence-corrected chi connectivity index (χ3v) is 6.45. The maximum absolute atomic E-state index is 12.7. The minimum absolute atomic E-state index is 0.362.